The van der Waals surface area contributed by atoms with Crippen LogP contribution in [0.4, 0.5) is 0 Å². The van der Waals surface area contributed by atoms with E-state index in [4.69, 9.17) is 9.47 Å². The summed E-state index contributed by atoms with van der Waals surface area (Å²) in [5, 5.41) is 0. The topological polar surface area (TPSA) is 21.8 Å². The van der Waals surface area contributed by atoms with Crippen LogP contribution in [0.25, 0.3) is 0 Å². The van der Waals surface area contributed by atoms with E-state index in [-0.39, 0.29) is 12.2 Å². The first-order valence-corrected chi connectivity index (χ1v) is 10.4. The lowest BCUT2D eigenvalue weighted by Gasteiger charge is -2.35. The molecule has 2 heteroatoms. The van der Waals surface area contributed by atoms with Crippen molar-refractivity contribution in [1.82, 2.24) is 0 Å². The first-order valence-electron chi connectivity index (χ1n) is 10.4. The molecule has 5 rings (SSSR count). The fourth-order valence-corrected chi connectivity index (χ4v) is 4.18. The molecule has 4 aromatic carbocycles. The molecule has 4 aromatic rings. The lowest BCUT2D eigenvalue weighted by Crippen LogP contribution is -2.34. The van der Waals surface area contributed by atoms with Crippen LogP contribution >= 0.6 is 0 Å². The van der Waals surface area contributed by atoms with Gasteiger partial charge in [-0.15, -0.1) is 0 Å². The number of benzene rings is 4. The predicted molar refractivity (Wildman–Crippen MR) is 119 cm³/mol. The van der Waals surface area contributed by atoms with Gasteiger partial charge in [-0.25, -0.2) is 0 Å². The van der Waals surface area contributed by atoms with Gasteiger partial charge in [-0.3, -0.25) is 0 Å². The second kappa shape index (κ2) is 8.27. The predicted octanol–water partition coefficient (Wildman–Crippen LogP) is 6.14. The summed E-state index contributed by atoms with van der Waals surface area (Å²) in [7, 11) is 0. The molecule has 0 N–H and O–H groups in total. The molecular weight excluding hydrogens is 368 g/mol. The largest absolute Gasteiger partial charge is 0.362 e. The van der Waals surface area contributed by atoms with Gasteiger partial charge >= 0.3 is 0 Å². The van der Waals surface area contributed by atoms with E-state index in [9.17, 15) is 0 Å². The number of epoxide rings is 1. The van der Waals surface area contributed by atoms with Crippen LogP contribution in [0.5, 0.6) is 0 Å². The average molecular weight is 392 g/mol. The van der Waals surface area contributed by atoms with E-state index in [2.05, 4.69) is 97.1 Å². The highest BCUT2D eigenvalue weighted by atomic mass is 16.6. The van der Waals surface area contributed by atoms with Gasteiger partial charge in [0.1, 0.15) is 17.8 Å². The normalized spacial score (nSPS) is 18.1. The SMILES string of the molecule is c1ccc([C@H]2O[C@@H]2COC(c2ccccc2)(c2ccccc2)c2ccccc2)cc1. The Labute approximate surface area is 177 Å². The average Bonchev–Trinajstić information content (AvgIpc) is 3.62. The molecule has 0 spiro atoms. The van der Waals surface area contributed by atoms with E-state index in [0.717, 1.165) is 16.7 Å². The van der Waals surface area contributed by atoms with E-state index < -0.39 is 5.60 Å². The molecule has 1 fully saturated rings. The fraction of sp³-hybridized carbons (Fsp3) is 0.143. The highest BCUT2D eigenvalue weighted by molar-refractivity contribution is 5.47. The first-order chi connectivity index (χ1) is 14.9. The molecular formula is C28H24O2. The quantitative estimate of drug-likeness (QED) is 0.278. The van der Waals surface area contributed by atoms with Gasteiger partial charge in [-0.2, -0.15) is 0 Å². The Hall–Kier alpha value is -3.20. The van der Waals surface area contributed by atoms with Gasteiger partial charge in [-0.1, -0.05) is 121 Å². The van der Waals surface area contributed by atoms with Crippen molar-refractivity contribution >= 4 is 0 Å². The highest BCUT2D eigenvalue weighted by Crippen LogP contribution is 2.44. The van der Waals surface area contributed by atoms with E-state index >= 15 is 0 Å². The van der Waals surface area contributed by atoms with Crippen LogP contribution < -0.4 is 0 Å². The molecule has 0 unspecified atom stereocenters. The standard InChI is InChI=1S/C28H24O2/c1-5-13-22(14-6-1)27-26(30-27)21-29-28(23-15-7-2-8-16-23,24-17-9-3-10-18-24)25-19-11-4-12-20-25/h1-20,26-27H,21H2/t26-,27-/m1/s1. The summed E-state index contributed by atoms with van der Waals surface area (Å²) < 4.78 is 12.8. The Kier molecular flexibility index (Phi) is 5.18. The molecule has 1 aliphatic rings. The van der Waals surface area contributed by atoms with Crippen LogP contribution in [0, 0.1) is 0 Å². The van der Waals surface area contributed by atoms with Crippen LogP contribution in [0.3, 0.4) is 0 Å². The Morgan fingerprint density at radius 3 is 1.40 bits per heavy atom. The summed E-state index contributed by atoms with van der Waals surface area (Å²) in [5.41, 5.74) is 3.84. The number of hydrogen-bond acceptors (Lipinski definition) is 2. The summed E-state index contributed by atoms with van der Waals surface area (Å²) in [4.78, 5) is 0. The molecule has 0 aromatic heterocycles. The van der Waals surface area contributed by atoms with Crippen molar-refractivity contribution in [1.29, 1.82) is 0 Å². The zero-order valence-electron chi connectivity index (χ0n) is 16.7. The molecule has 30 heavy (non-hydrogen) atoms. The first kappa shape index (κ1) is 18.8. The van der Waals surface area contributed by atoms with E-state index in [1.165, 1.54) is 5.56 Å². The summed E-state index contributed by atoms with van der Waals surface area (Å²) in [6.07, 6.45) is 0.161. The van der Waals surface area contributed by atoms with Crippen molar-refractivity contribution in [2.45, 2.75) is 17.8 Å². The minimum atomic E-state index is -0.697. The third-order valence-electron chi connectivity index (χ3n) is 5.72. The molecule has 0 radical (unpaired) electrons. The van der Waals surface area contributed by atoms with Gasteiger partial charge < -0.3 is 9.47 Å². The van der Waals surface area contributed by atoms with Crippen molar-refractivity contribution < 1.29 is 9.47 Å². The molecule has 2 atom stereocenters. The van der Waals surface area contributed by atoms with Crippen LogP contribution in [0.15, 0.2) is 121 Å². The summed E-state index contributed by atoms with van der Waals surface area (Å²) >= 11 is 0. The smallest absolute Gasteiger partial charge is 0.143 e. The van der Waals surface area contributed by atoms with Gasteiger partial charge in [-0.05, 0) is 22.3 Å². The van der Waals surface area contributed by atoms with Crippen LogP contribution in [0.2, 0.25) is 0 Å². The Morgan fingerprint density at radius 1 is 0.567 bits per heavy atom. The lowest BCUT2D eigenvalue weighted by molar-refractivity contribution is 0.00427. The molecule has 1 saturated heterocycles. The highest BCUT2D eigenvalue weighted by Gasteiger charge is 2.44. The van der Waals surface area contributed by atoms with E-state index in [0.29, 0.717) is 6.61 Å². The number of hydrogen-bond donors (Lipinski definition) is 0. The van der Waals surface area contributed by atoms with Crippen molar-refractivity contribution in [2.75, 3.05) is 6.61 Å². The second-order valence-corrected chi connectivity index (χ2v) is 7.60. The molecule has 1 heterocycles. The van der Waals surface area contributed by atoms with Crippen molar-refractivity contribution in [2.24, 2.45) is 0 Å². The second-order valence-electron chi connectivity index (χ2n) is 7.60. The minimum absolute atomic E-state index is 0.0583. The number of rotatable bonds is 7. The third kappa shape index (κ3) is 3.56. The van der Waals surface area contributed by atoms with Gasteiger partial charge in [0.25, 0.3) is 0 Å². The molecule has 0 bridgehead atoms. The summed E-state index contributed by atoms with van der Waals surface area (Å²) in [5.74, 6) is 0. The maximum absolute atomic E-state index is 6.84. The van der Waals surface area contributed by atoms with Crippen molar-refractivity contribution in [3.8, 4) is 0 Å². The van der Waals surface area contributed by atoms with E-state index in [1.54, 1.807) is 0 Å². The Morgan fingerprint density at radius 2 is 0.967 bits per heavy atom. The molecule has 148 valence electrons. The van der Waals surface area contributed by atoms with Crippen LogP contribution in [-0.2, 0) is 15.1 Å². The molecule has 0 saturated carbocycles. The maximum atomic E-state index is 6.84. The van der Waals surface area contributed by atoms with E-state index in [1.807, 2.05) is 24.3 Å². The molecule has 1 aliphatic heterocycles. The van der Waals surface area contributed by atoms with Gasteiger partial charge in [0, 0.05) is 0 Å². The van der Waals surface area contributed by atoms with Gasteiger partial charge in [0.2, 0.25) is 0 Å². The molecule has 0 amide bonds. The van der Waals surface area contributed by atoms with Gasteiger partial charge in [0.05, 0.1) is 6.61 Å². The Balaban J connectivity index is 1.53. The van der Waals surface area contributed by atoms with Crippen molar-refractivity contribution in [3.63, 3.8) is 0 Å². The zero-order valence-corrected chi connectivity index (χ0v) is 16.7. The van der Waals surface area contributed by atoms with Crippen LogP contribution in [0.1, 0.15) is 28.4 Å². The van der Waals surface area contributed by atoms with Crippen molar-refractivity contribution in [3.05, 3.63) is 144 Å². The van der Waals surface area contributed by atoms with Gasteiger partial charge in [0.15, 0.2) is 0 Å². The van der Waals surface area contributed by atoms with Crippen LogP contribution in [-0.4, -0.2) is 12.7 Å². The summed E-state index contributed by atoms with van der Waals surface area (Å²) in [6, 6.07) is 41.8. The molecule has 2 nitrogen and oxygen atoms in total. The lowest BCUT2D eigenvalue weighted by atomic mass is 9.80. The Bertz CT molecular complexity index is 966. The number of ether oxygens (including phenoxy) is 2. The minimum Gasteiger partial charge on any atom is -0.362 e. The zero-order chi connectivity index (χ0) is 20.2. The molecule has 0 aliphatic carbocycles. The maximum Gasteiger partial charge on any atom is 0.143 e. The third-order valence-corrected chi connectivity index (χ3v) is 5.72. The summed E-state index contributed by atoms with van der Waals surface area (Å²) in [6.45, 7) is 0.512. The monoisotopic (exact) mass is 392 g/mol. The fourth-order valence-electron chi connectivity index (χ4n) is 4.18.